The van der Waals surface area contributed by atoms with Crippen LogP contribution in [0.25, 0.3) is 0 Å². The summed E-state index contributed by atoms with van der Waals surface area (Å²) in [5, 5.41) is 2.97. The van der Waals surface area contributed by atoms with Gasteiger partial charge in [-0.05, 0) is 72.4 Å². The average molecular weight is 705 g/mol. The number of nitrogens with one attached hydrogen (secondary N) is 1. The fourth-order valence-corrected chi connectivity index (χ4v) is 6.78. The third-order valence-electron chi connectivity index (χ3n) is 7.82. The summed E-state index contributed by atoms with van der Waals surface area (Å²) >= 11 is 3.47. The van der Waals surface area contributed by atoms with E-state index >= 15 is 0 Å². The molecule has 0 unspecified atom stereocenters. The smallest absolute Gasteiger partial charge is 0.264 e. The molecule has 1 N–H and O–H groups in total. The van der Waals surface area contributed by atoms with Crippen LogP contribution in [0.1, 0.15) is 55.4 Å². The van der Waals surface area contributed by atoms with Gasteiger partial charge in [0.2, 0.25) is 11.8 Å². The van der Waals surface area contributed by atoms with Crippen molar-refractivity contribution in [3.63, 3.8) is 0 Å². The van der Waals surface area contributed by atoms with Crippen molar-refractivity contribution >= 4 is 43.5 Å². The van der Waals surface area contributed by atoms with Gasteiger partial charge in [-0.15, -0.1) is 0 Å². The predicted molar refractivity (Wildman–Crippen MR) is 188 cm³/mol. The van der Waals surface area contributed by atoms with E-state index in [2.05, 4.69) is 35.1 Å². The molecule has 242 valence electrons. The average Bonchev–Trinajstić information content (AvgIpc) is 3.05. The molecule has 7 nitrogen and oxygen atoms in total. The number of nitrogens with zero attached hydrogens (tertiary/aromatic N) is 2. The number of benzene rings is 4. The maximum atomic E-state index is 14.5. The van der Waals surface area contributed by atoms with Crippen LogP contribution in [0.5, 0.6) is 0 Å². The fraction of sp³-hybridized carbons (Fsp3) is 0.297. The first-order valence-electron chi connectivity index (χ1n) is 15.5. The molecule has 4 aromatic rings. The quantitative estimate of drug-likeness (QED) is 0.150. The minimum Gasteiger partial charge on any atom is -0.354 e. The highest BCUT2D eigenvalue weighted by Gasteiger charge is 2.34. The topological polar surface area (TPSA) is 86.8 Å². The van der Waals surface area contributed by atoms with Gasteiger partial charge in [0.15, 0.2) is 0 Å². The molecule has 1 atom stereocenters. The predicted octanol–water partition coefficient (Wildman–Crippen LogP) is 7.24. The second-order valence-corrected chi connectivity index (χ2v) is 14.5. The maximum Gasteiger partial charge on any atom is 0.264 e. The first-order chi connectivity index (χ1) is 22.0. The van der Waals surface area contributed by atoms with Gasteiger partial charge in [0.25, 0.3) is 10.0 Å². The van der Waals surface area contributed by atoms with Crippen LogP contribution in [-0.4, -0.2) is 44.3 Å². The van der Waals surface area contributed by atoms with Crippen LogP contribution in [0.4, 0.5) is 5.69 Å². The molecule has 0 heterocycles. The number of halogens is 1. The van der Waals surface area contributed by atoms with E-state index in [0.717, 1.165) is 37.5 Å². The van der Waals surface area contributed by atoms with E-state index in [9.17, 15) is 18.0 Å². The normalized spacial score (nSPS) is 12.0. The molecule has 0 aliphatic rings. The first kappa shape index (κ1) is 34.9. The molecule has 0 spiro atoms. The van der Waals surface area contributed by atoms with Crippen molar-refractivity contribution in [3.8, 4) is 0 Å². The highest BCUT2D eigenvalue weighted by Crippen LogP contribution is 2.27. The molecular weight excluding hydrogens is 662 g/mol. The Hall–Kier alpha value is -3.95. The first-order valence-corrected chi connectivity index (χ1v) is 17.8. The van der Waals surface area contributed by atoms with Gasteiger partial charge in [0.05, 0.1) is 10.6 Å². The van der Waals surface area contributed by atoms with Gasteiger partial charge in [-0.25, -0.2) is 8.42 Å². The molecule has 0 radical (unpaired) electrons. The monoisotopic (exact) mass is 703 g/mol. The molecule has 0 saturated carbocycles. The van der Waals surface area contributed by atoms with Crippen LogP contribution < -0.4 is 9.62 Å². The van der Waals surface area contributed by atoms with E-state index in [1.54, 1.807) is 36.4 Å². The maximum absolute atomic E-state index is 14.5. The number of hydrogen-bond donors (Lipinski definition) is 1. The number of anilines is 1. The molecule has 0 aromatic heterocycles. The number of rotatable bonds is 14. The van der Waals surface area contributed by atoms with Crippen molar-refractivity contribution in [2.75, 3.05) is 17.4 Å². The van der Waals surface area contributed by atoms with Crippen LogP contribution in [-0.2, 0) is 32.6 Å². The third-order valence-corrected chi connectivity index (χ3v) is 10.1. The standard InChI is InChI=1S/C37H42BrN3O4S/c1-5-23-39-37(43)35(24-29-9-7-6-8-10-29)40(25-30-13-17-32(38)18-14-30)36(42)26-41(33-19-15-31(16-20-33)27(2)3)46(44,45)34-21-11-28(4)12-22-34/h6-22,27,35H,5,23-26H2,1-4H3,(H,39,43)/t35-/m0/s1. The van der Waals surface area contributed by atoms with Crippen molar-refractivity contribution in [3.05, 3.63) is 130 Å². The summed E-state index contributed by atoms with van der Waals surface area (Å²) in [4.78, 5) is 29.9. The van der Waals surface area contributed by atoms with Crippen molar-refractivity contribution < 1.29 is 18.0 Å². The van der Waals surface area contributed by atoms with E-state index in [-0.39, 0.29) is 29.7 Å². The second-order valence-electron chi connectivity index (χ2n) is 11.7. The van der Waals surface area contributed by atoms with Crippen LogP contribution in [0, 0.1) is 6.92 Å². The Morgan fingerprint density at radius 2 is 1.46 bits per heavy atom. The Morgan fingerprint density at radius 1 is 0.826 bits per heavy atom. The number of sulfonamides is 1. The molecule has 4 aromatic carbocycles. The molecular formula is C37H42BrN3O4S. The summed E-state index contributed by atoms with van der Waals surface area (Å²) < 4.78 is 30.5. The highest BCUT2D eigenvalue weighted by molar-refractivity contribution is 9.10. The molecule has 0 aliphatic carbocycles. The van der Waals surface area contributed by atoms with Gasteiger partial charge in [-0.2, -0.15) is 0 Å². The Morgan fingerprint density at radius 3 is 2.04 bits per heavy atom. The summed E-state index contributed by atoms with van der Waals surface area (Å²) in [6.45, 7) is 8.08. The molecule has 4 rings (SSSR count). The summed E-state index contributed by atoms with van der Waals surface area (Å²) in [6, 6.07) is 30.0. The summed E-state index contributed by atoms with van der Waals surface area (Å²) in [5.41, 5.74) is 4.05. The summed E-state index contributed by atoms with van der Waals surface area (Å²) in [6.07, 6.45) is 1.01. The fourth-order valence-electron chi connectivity index (χ4n) is 5.10. The molecule has 0 fully saturated rings. The zero-order valence-corrected chi connectivity index (χ0v) is 29.2. The van der Waals surface area contributed by atoms with Crippen LogP contribution in [0.3, 0.4) is 0 Å². The number of aryl methyl sites for hydroxylation is 1. The lowest BCUT2D eigenvalue weighted by atomic mass is 10.0. The Balaban J connectivity index is 1.80. The molecule has 46 heavy (non-hydrogen) atoms. The zero-order chi connectivity index (χ0) is 33.3. The number of amides is 2. The van der Waals surface area contributed by atoms with Crippen LogP contribution >= 0.6 is 15.9 Å². The van der Waals surface area contributed by atoms with Crippen molar-refractivity contribution in [2.24, 2.45) is 0 Å². The molecule has 0 aliphatic heterocycles. The van der Waals surface area contributed by atoms with Crippen molar-refractivity contribution in [1.82, 2.24) is 10.2 Å². The van der Waals surface area contributed by atoms with E-state index in [0.29, 0.717) is 12.2 Å². The van der Waals surface area contributed by atoms with E-state index in [4.69, 9.17) is 0 Å². The third kappa shape index (κ3) is 9.07. The van der Waals surface area contributed by atoms with Crippen LogP contribution in [0.2, 0.25) is 0 Å². The van der Waals surface area contributed by atoms with E-state index in [1.807, 2.05) is 80.6 Å². The molecule has 2 amide bonds. The van der Waals surface area contributed by atoms with E-state index < -0.39 is 28.5 Å². The van der Waals surface area contributed by atoms with Crippen molar-refractivity contribution in [2.45, 2.75) is 63.9 Å². The SMILES string of the molecule is CCCNC(=O)[C@H](Cc1ccccc1)N(Cc1ccc(Br)cc1)C(=O)CN(c1ccc(C(C)C)cc1)S(=O)(=O)c1ccc(C)cc1. The summed E-state index contributed by atoms with van der Waals surface area (Å²) in [5.74, 6) is -0.524. The number of carbonyl (C=O) groups is 2. The van der Waals surface area contributed by atoms with Gasteiger partial charge in [0.1, 0.15) is 12.6 Å². The minimum absolute atomic E-state index is 0.0832. The van der Waals surface area contributed by atoms with Gasteiger partial charge < -0.3 is 10.2 Å². The molecule has 0 bridgehead atoms. The van der Waals surface area contributed by atoms with Crippen molar-refractivity contribution in [1.29, 1.82) is 0 Å². The van der Waals surface area contributed by atoms with Gasteiger partial charge >= 0.3 is 0 Å². The van der Waals surface area contributed by atoms with Gasteiger partial charge in [0, 0.05) is 24.0 Å². The number of carbonyl (C=O) groups excluding carboxylic acids is 2. The Labute approximate surface area is 281 Å². The van der Waals surface area contributed by atoms with Crippen LogP contribution in [0.15, 0.2) is 112 Å². The van der Waals surface area contributed by atoms with Gasteiger partial charge in [-0.1, -0.05) is 109 Å². The lowest BCUT2D eigenvalue weighted by Crippen LogP contribution is -2.53. The Kier molecular flexibility index (Phi) is 12.2. The largest absolute Gasteiger partial charge is 0.354 e. The van der Waals surface area contributed by atoms with E-state index in [1.165, 1.54) is 4.90 Å². The summed E-state index contributed by atoms with van der Waals surface area (Å²) in [7, 11) is -4.15. The lowest BCUT2D eigenvalue weighted by molar-refractivity contribution is -0.140. The Bertz CT molecular complexity index is 1690. The minimum atomic E-state index is -4.15. The number of hydrogen-bond acceptors (Lipinski definition) is 4. The lowest BCUT2D eigenvalue weighted by Gasteiger charge is -2.34. The molecule has 9 heteroatoms. The second kappa shape index (κ2) is 16.1. The zero-order valence-electron chi connectivity index (χ0n) is 26.8. The highest BCUT2D eigenvalue weighted by atomic mass is 79.9. The molecule has 0 saturated heterocycles. The van der Waals surface area contributed by atoms with Gasteiger partial charge in [-0.3, -0.25) is 13.9 Å².